The zero-order valence-electron chi connectivity index (χ0n) is 11.5. The number of benzene rings is 1. The molecule has 0 spiro atoms. The van der Waals surface area contributed by atoms with E-state index in [0.29, 0.717) is 5.75 Å². The lowest BCUT2D eigenvalue weighted by atomic mass is 10.2. The van der Waals surface area contributed by atoms with Crippen LogP contribution in [0, 0.1) is 0 Å². The number of hydrogen-bond acceptors (Lipinski definition) is 4. The predicted molar refractivity (Wildman–Crippen MR) is 68.9 cm³/mol. The van der Waals surface area contributed by atoms with Crippen molar-refractivity contribution in [2.24, 2.45) is 0 Å². The van der Waals surface area contributed by atoms with Crippen molar-refractivity contribution in [3.63, 3.8) is 0 Å². The molecule has 0 radical (unpaired) electrons. The normalized spacial score (nSPS) is 12.7. The quantitative estimate of drug-likeness (QED) is 0.773. The lowest BCUT2D eigenvalue weighted by Crippen LogP contribution is -2.33. The molecule has 1 aromatic rings. The molecule has 1 aromatic carbocycles. The molecular weight excluding hydrogens is 232 g/mol. The highest BCUT2D eigenvalue weighted by molar-refractivity contribution is 5.75. The van der Waals surface area contributed by atoms with Crippen LogP contribution in [0.3, 0.4) is 0 Å². The summed E-state index contributed by atoms with van der Waals surface area (Å²) in [6.45, 7) is 7.14. The van der Waals surface area contributed by atoms with Gasteiger partial charge in [0.25, 0.3) is 0 Å². The van der Waals surface area contributed by atoms with Crippen LogP contribution >= 0.6 is 0 Å². The van der Waals surface area contributed by atoms with Gasteiger partial charge in [0, 0.05) is 0 Å². The highest BCUT2D eigenvalue weighted by atomic mass is 16.6. The topological polar surface area (TPSA) is 44.8 Å². The highest BCUT2D eigenvalue weighted by Gasteiger charge is 2.22. The number of ether oxygens (including phenoxy) is 3. The standard InChI is InChI=1S/C14H20O4/c1-10(13(15)18-14(2,3)4)17-12-8-6-11(16-5)7-9-12/h6-10H,1-5H3. The van der Waals surface area contributed by atoms with Crippen LogP contribution in [0.5, 0.6) is 11.5 Å². The third-order valence-corrected chi connectivity index (χ3v) is 2.11. The Morgan fingerprint density at radius 1 is 1.11 bits per heavy atom. The molecule has 0 aliphatic heterocycles. The first kappa shape index (κ1) is 14.4. The van der Waals surface area contributed by atoms with Crippen LogP contribution in [0.25, 0.3) is 0 Å². The van der Waals surface area contributed by atoms with E-state index in [-0.39, 0.29) is 5.97 Å². The van der Waals surface area contributed by atoms with Crippen molar-refractivity contribution >= 4 is 5.97 Å². The van der Waals surface area contributed by atoms with E-state index in [9.17, 15) is 4.79 Å². The first-order valence-electron chi connectivity index (χ1n) is 5.85. The van der Waals surface area contributed by atoms with Crippen LogP contribution in [0.1, 0.15) is 27.7 Å². The second-order valence-corrected chi connectivity index (χ2v) is 4.97. The van der Waals surface area contributed by atoms with Gasteiger partial charge in [-0.2, -0.15) is 0 Å². The van der Waals surface area contributed by atoms with Crippen molar-refractivity contribution in [3.8, 4) is 11.5 Å². The van der Waals surface area contributed by atoms with E-state index < -0.39 is 11.7 Å². The summed E-state index contributed by atoms with van der Waals surface area (Å²) in [6, 6.07) is 7.05. The molecule has 0 N–H and O–H groups in total. The molecule has 0 aliphatic rings. The van der Waals surface area contributed by atoms with Crippen molar-refractivity contribution < 1.29 is 19.0 Å². The van der Waals surface area contributed by atoms with E-state index >= 15 is 0 Å². The van der Waals surface area contributed by atoms with E-state index in [1.165, 1.54) is 0 Å². The predicted octanol–water partition coefficient (Wildman–Crippen LogP) is 2.80. The smallest absolute Gasteiger partial charge is 0.347 e. The first-order valence-corrected chi connectivity index (χ1v) is 5.85. The van der Waals surface area contributed by atoms with Crippen LogP contribution in [0.4, 0.5) is 0 Å². The monoisotopic (exact) mass is 252 g/mol. The summed E-state index contributed by atoms with van der Waals surface area (Å²) in [7, 11) is 1.60. The molecule has 0 fully saturated rings. The van der Waals surface area contributed by atoms with Gasteiger partial charge in [0.2, 0.25) is 0 Å². The second-order valence-electron chi connectivity index (χ2n) is 4.97. The Morgan fingerprint density at radius 3 is 2.06 bits per heavy atom. The maximum atomic E-state index is 11.7. The number of rotatable bonds is 4. The third kappa shape index (κ3) is 4.65. The van der Waals surface area contributed by atoms with E-state index in [0.717, 1.165) is 5.75 Å². The molecule has 4 heteroatoms. The van der Waals surface area contributed by atoms with Crippen LogP contribution in [0.15, 0.2) is 24.3 Å². The molecule has 4 nitrogen and oxygen atoms in total. The van der Waals surface area contributed by atoms with Gasteiger partial charge in [-0.15, -0.1) is 0 Å². The lowest BCUT2D eigenvalue weighted by molar-refractivity contribution is -0.162. The minimum atomic E-state index is -0.641. The molecule has 0 heterocycles. The summed E-state index contributed by atoms with van der Waals surface area (Å²) in [5.41, 5.74) is -0.505. The fourth-order valence-corrected chi connectivity index (χ4v) is 1.29. The maximum Gasteiger partial charge on any atom is 0.347 e. The first-order chi connectivity index (χ1) is 8.31. The molecule has 0 aromatic heterocycles. The summed E-state index contributed by atoms with van der Waals surface area (Å²) in [4.78, 5) is 11.7. The molecule has 1 atom stereocenters. The van der Waals surface area contributed by atoms with Gasteiger partial charge in [-0.25, -0.2) is 4.79 Å². The molecular formula is C14H20O4. The highest BCUT2D eigenvalue weighted by Crippen LogP contribution is 2.19. The van der Waals surface area contributed by atoms with Gasteiger partial charge in [-0.05, 0) is 52.0 Å². The van der Waals surface area contributed by atoms with Gasteiger partial charge in [0.15, 0.2) is 6.10 Å². The Bertz CT molecular complexity index is 389. The number of methoxy groups -OCH3 is 1. The number of hydrogen-bond donors (Lipinski definition) is 0. The van der Waals surface area contributed by atoms with Crippen LogP contribution in [-0.4, -0.2) is 24.8 Å². The Kier molecular flexibility index (Phi) is 4.59. The molecule has 0 bridgehead atoms. The zero-order chi connectivity index (χ0) is 13.8. The Balaban J connectivity index is 2.58. The van der Waals surface area contributed by atoms with Gasteiger partial charge in [0.05, 0.1) is 7.11 Å². The van der Waals surface area contributed by atoms with E-state index in [4.69, 9.17) is 14.2 Å². The summed E-state index contributed by atoms with van der Waals surface area (Å²) in [6.07, 6.45) is -0.641. The van der Waals surface area contributed by atoms with Crippen molar-refractivity contribution in [1.82, 2.24) is 0 Å². The van der Waals surface area contributed by atoms with Gasteiger partial charge in [-0.3, -0.25) is 0 Å². The summed E-state index contributed by atoms with van der Waals surface area (Å²) < 4.78 is 15.8. The molecule has 1 rings (SSSR count). The molecule has 0 amide bonds. The number of esters is 1. The van der Waals surface area contributed by atoms with Gasteiger partial charge in [0.1, 0.15) is 17.1 Å². The fraction of sp³-hybridized carbons (Fsp3) is 0.500. The van der Waals surface area contributed by atoms with Crippen molar-refractivity contribution in [1.29, 1.82) is 0 Å². The lowest BCUT2D eigenvalue weighted by Gasteiger charge is -2.22. The van der Waals surface area contributed by atoms with Crippen molar-refractivity contribution in [2.75, 3.05) is 7.11 Å². The molecule has 18 heavy (non-hydrogen) atoms. The van der Waals surface area contributed by atoms with Gasteiger partial charge >= 0.3 is 5.97 Å². The third-order valence-electron chi connectivity index (χ3n) is 2.11. The maximum absolute atomic E-state index is 11.7. The largest absolute Gasteiger partial charge is 0.497 e. The minimum Gasteiger partial charge on any atom is -0.497 e. The molecule has 0 saturated heterocycles. The van der Waals surface area contributed by atoms with Crippen molar-refractivity contribution in [3.05, 3.63) is 24.3 Å². The minimum absolute atomic E-state index is 0.377. The van der Waals surface area contributed by atoms with Gasteiger partial charge < -0.3 is 14.2 Å². The Labute approximate surface area is 108 Å². The van der Waals surface area contributed by atoms with Crippen molar-refractivity contribution in [2.45, 2.75) is 39.4 Å². The summed E-state index contributed by atoms with van der Waals surface area (Å²) >= 11 is 0. The van der Waals surface area contributed by atoms with E-state index in [2.05, 4.69) is 0 Å². The summed E-state index contributed by atoms with van der Waals surface area (Å²) in [5.74, 6) is 0.972. The Morgan fingerprint density at radius 2 is 1.61 bits per heavy atom. The van der Waals surface area contributed by atoms with Crippen LogP contribution in [0.2, 0.25) is 0 Å². The summed E-state index contributed by atoms with van der Waals surface area (Å²) in [5, 5.41) is 0. The SMILES string of the molecule is COc1ccc(OC(C)C(=O)OC(C)(C)C)cc1. The number of carbonyl (C=O) groups excluding carboxylic acids is 1. The fourth-order valence-electron chi connectivity index (χ4n) is 1.29. The van der Waals surface area contributed by atoms with Gasteiger partial charge in [-0.1, -0.05) is 0 Å². The van der Waals surface area contributed by atoms with E-state index in [1.54, 1.807) is 38.3 Å². The molecule has 0 saturated carbocycles. The average Bonchev–Trinajstić information content (AvgIpc) is 2.27. The molecule has 0 aliphatic carbocycles. The van der Waals surface area contributed by atoms with Crippen LogP contribution < -0.4 is 9.47 Å². The van der Waals surface area contributed by atoms with Crippen LogP contribution in [-0.2, 0) is 9.53 Å². The molecule has 100 valence electrons. The number of carbonyl (C=O) groups is 1. The zero-order valence-corrected chi connectivity index (χ0v) is 11.5. The second kappa shape index (κ2) is 5.76. The Hall–Kier alpha value is -1.71. The molecule has 1 unspecified atom stereocenters. The average molecular weight is 252 g/mol. The van der Waals surface area contributed by atoms with E-state index in [1.807, 2.05) is 20.8 Å².